The van der Waals surface area contributed by atoms with Gasteiger partial charge in [0, 0.05) is 18.2 Å². The lowest BCUT2D eigenvalue weighted by Crippen LogP contribution is -2.40. The van der Waals surface area contributed by atoms with Crippen LogP contribution in [0.3, 0.4) is 0 Å². The maximum absolute atomic E-state index is 13.3. The second-order valence-electron chi connectivity index (χ2n) is 5.15. The van der Waals surface area contributed by atoms with Crippen molar-refractivity contribution in [2.45, 2.75) is 46.0 Å². The van der Waals surface area contributed by atoms with Crippen LogP contribution in [0.4, 0.5) is 23.4 Å². The zero-order valence-corrected chi connectivity index (χ0v) is 12.5. The quantitative estimate of drug-likeness (QED) is 0.617. The van der Waals surface area contributed by atoms with E-state index in [0.29, 0.717) is 12.1 Å². The van der Waals surface area contributed by atoms with E-state index in [1.807, 2.05) is 6.92 Å². The molecule has 0 aromatic carbocycles. The van der Waals surface area contributed by atoms with Crippen LogP contribution < -0.4 is 10.2 Å². The van der Waals surface area contributed by atoms with E-state index in [2.05, 4.69) is 10.3 Å². The SMILES string of the molecule is CCCNCc1cc(F)cnc1N(CC(F)(F)F)C(C)C. The van der Waals surface area contributed by atoms with Gasteiger partial charge in [0.1, 0.15) is 18.2 Å². The zero-order chi connectivity index (χ0) is 16.0. The average molecular weight is 307 g/mol. The first-order chi connectivity index (χ1) is 9.74. The molecule has 1 rings (SSSR count). The molecule has 120 valence electrons. The number of nitrogens with zero attached hydrogens (tertiary/aromatic N) is 2. The monoisotopic (exact) mass is 307 g/mol. The maximum atomic E-state index is 13.3. The van der Waals surface area contributed by atoms with E-state index in [1.165, 1.54) is 6.07 Å². The van der Waals surface area contributed by atoms with Crippen molar-refractivity contribution in [2.24, 2.45) is 0 Å². The Bertz CT molecular complexity index is 446. The Morgan fingerprint density at radius 1 is 1.33 bits per heavy atom. The minimum absolute atomic E-state index is 0.173. The summed E-state index contributed by atoms with van der Waals surface area (Å²) in [5.41, 5.74) is 0.432. The lowest BCUT2D eigenvalue weighted by Gasteiger charge is -2.30. The third-order valence-electron chi connectivity index (χ3n) is 2.90. The second kappa shape index (κ2) is 7.59. The molecular formula is C14H21F4N3. The second-order valence-corrected chi connectivity index (χ2v) is 5.15. The number of aromatic nitrogens is 1. The van der Waals surface area contributed by atoms with Gasteiger partial charge in [-0.2, -0.15) is 13.2 Å². The van der Waals surface area contributed by atoms with Crippen molar-refractivity contribution in [2.75, 3.05) is 18.0 Å². The Balaban J connectivity index is 3.05. The summed E-state index contributed by atoms with van der Waals surface area (Å²) in [6.07, 6.45) is -2.51. The number of rotatable bonds is 7. The van der Waals surface area contributed by atoms with E-state index in [9.17, 15) is 17.6 Å². The molecule has 1 aromatic heterocycles. The first kappa shape index (κ1) is 17.7. The fraction of sp³-hybridized carbons (Fsp3) is 0.643. The van der Waals surface area contributed by atoms with Gasteiger partial charge in [0.2, 0.25) is 0 Å². The molecule has 0 radical (unpaired) electrons. The third-order valence-corrected chi connectivity index (χ3v) is 2.90. The Labute approximate surface area is 122 Å². The number of alkyl halides is 3. The highest BCUT2D eigenvalue weighted by Gasteiger charge is 2.33. The van der Waals surface area contributed by atoms with Gasteiger partial charge in [0.25, 0.3) is 0 Å². The number of anilines is 1. The Kier molecular flexibility index (Phi) is 6.39. The van der Waals surface area contributed by atoms with Crippen LogP contribution in [0.15, 0.2) is 12.3 Å². The van der Waals surface area contributed by atoms with Crippen molar-refractivity contribution in [3.63, 3.8) is 0 Å². The van der Waals surface area contributed by atoms with Crippen molar-refractivity contribution in [1.82, 2.24) is 10.3 Å². The molecule has 0 bridgehead atoms. The molecule has 3 nitrogen and oxygen atoms in total. The summed E-state index contributed by atoms with van der Waals surface area (Å²) in [6, 6.07) is 0.839. The predicted octanol–water partition coefficient (Wildman–Crippen LogP) is 3.50. The molecule has 0 aliphatic carbocycles. The maximum Gasteiger partial charge on any atom is 0.405 e. The summed E-state index contributed by atoms with van der Waals surface area (Å²) >= 11 is 0. The highest BCUT2D eigenvalue weighted by atomic mass is 19.4. The number of hydrogen-bond donors (Lipinski definition) is 1. The normalized spacial score (nSPS) is 12.0. The molecule has 7 heteroatoms. The minimum Gasteiger partial charge on any atom is -0.345 e. The summed E-state index contributed by atoms with van der Waals surface area (Å²) in [7, 11) is 0. The van der Waals surface area contributed by atoms with Gasteiger partial charge in [0.05, 0.1) is 6.20 Å². The molecule has 1 aromatic rings. The predicted molar refractivity (Wildman–Crippen MR) is 74.7 cm³/mol. The molecule has 21 heavy (non-hydrogen) atoms. The van der Waals surface area contributed by atoms with Gasteiger partial charge in [-0.3, -0.25) is 0 Å². The fourth-order valence-electron chi connectivity index (χ4n) is 1.96. The summed E-state index contributed by atoms with van der Waals surface area (Å²) in [5.74, 6) is -0.380. The van der Waals surface area contributed by atoms with E-state index in [4.69, 9.17) is 0 Å². The van der Waals surface area contributed by atoms with E-state index < -0.39 is 24.6 Å². The number of hydrogen-bond acceptors (Lipinski definition) is 3. The lowest BCUT2D eigenvalue weighted by molar-refractivity contribution is -0.120. The van der Waals surface area contributed by atoms with Gasteiger partial charge in [-0.25, -0.2) is 9.37 Å². The summed E-state index contributed by atoms with van der Waals surface area (Å²) < 4.78 is 51.5. The average Bonchev–Trinajstić information content (AvgIpc) is 2.36. The smallest absolute Gasteiger partial charge is 0.345 e. The van der Waals surface area contributed by atoms with Crippen LogP contribution in [0.2, 0.25) is 0 Å². The molecule has 1 heterocycles. The minimum atomic E-state index is -4.34. The summed E-state index contributed by atoms with van der Waals surface area (Å²) in [4.78, 5) is 5.01. The van der Waals surface area contributed by atoms with Crippen molar-refractivity contribution in [1.29, 1.82) is 0 Å². The van der Waals surface area contributed by atoms with Gasteiger partial charge < -0.3 is 10.2 Å². The van der Waals surface area contributed by atoms with Gasteiger partial charge in [-0.05, 0) is 32.9 Å². The van der Waals surface area contributed by atoms with E-state index in [0.717, 1.165) is 17.5 Å². The molecule has 0 aliphatic rings. The molecule has 0 aliphatic heterocycles. The third kappa shape index (κ3) is 5.87. The highest BCUT2D eigenvalue weighted by molar-refractivity contribution is 5.48. The number of pyridine rings is 1. The van der Waals surface area contributed by atoms with Crippen molar-refractivity contribution >= 4 is 5.82 Å². The molecule has 0 atom stereocenters. The number of halogens is 4. The Morgan fingerprint density at radius 2 is 2.00 bits per heavy atom. The summed E-state index contributed by atoms with van der Waals surface area (Å²) in [6.45, 7) is 5.16. The van der Waals surface area contributed by atoms with Crippen LogP contribution in [-0.4, -0.2) is 30.3 Å². The summed E-state index contributed by atoms with van der Waals surface area (Å²) in [5, 5.41) is 3.06. The molecule has 0 saturated carbocycles. The van der Waals surface area contributed by atoms with Crippen LogP contribution in [0.25, 0.3) is 0 Å². The molecule has 0 saturated heterocycles. The molecular weight excluding hydrogens is 286 g/mol. The zero-order valence-electron chi connectivity index (χ0n) is 12.5. The van der Waals surface area contributed by atoms with E-state index in [1.54, 1.807) is 13.8 Å². The van der Waals surface area contributed by atoms with E-state index >= 15 is 0 Å². The van der Waals surface area contributed by atoms with Crippen molar-refractivity contribution in [3.8, 4) is 0 Å². The first-order valence-corrected chi connectivity index (χ1v) is 6.93. The van der Waals surface area contributed by atoms with Gasteiger partial charge in [-0.15, -0.1) is 0 Å². The van der Waals surface area contributed by atoms with Crippen LogP contribution in [-0.2, 0) is 6.54 Å². The topological polar surface area (TPSA) is 28.2 Å². The first-order valence-electron chi connectivity index (χ1n) is 6.93. The molecule has 0 unspecified atom stereocenters. The molecule has 0 amide bonds. The molecule has 0 spiro atoms. The Morgan fingerprint density at radius 3 is 2.52 bits per heavy atom. The molecule has 1 N–H and O–H groups in total. The largest absolute Gasteiger partial charge is 0.405 e. The van der Waals surface area contributed by atoms with Gasteiger partial charge in [0.15, 0.2) is 0 Å². The van der Waals surface area contributed by atoms with Crippen molar-refractivity contribution < 1.29 is 17.6 Å². The Hall–Kier alpha value is -1.37. The van der Waals surface area contributed by atoms with Crippen LogP contribution >= 0.6 is 0 Å². The van der Waals surface area contributed by atoms with E-state index in [-0.39, 0.29) is 12.4 Å². The fourth-order valence-corrected chi connectivity index (χ4v) is 1.96. The lowest BCUT2D eigenvalue weighted by atomic mass is 10.2. The number of nitrogens with one attached hydrogen (secondary N) is 1. The van der Waals surface area contributed by atoms with Crippen LogP contribution in [0, 0.1) is 5.82 Å². The van der Waals surface area contributed by atoms with Gasteiger partial charge in [-0.1, -0.05) is 6.92 Å². The highest BCUT2D eigenvalue weighted by Crippen LogP contribution is 2.26. The van der Waals surface area contributed by atoms with Gasteiger partial charge >= 0.3 is 6.18 Å². The van der Waals surface area contributed by atoms with Crippen molar-refractivity contribution in [3.05, 3.63) is 23.6 Å². The van der Waals surface area contributed by atoms with Crippen LogP contribution in [0.1, 0.15) is 32.8 Å². The standard InChI is InChI=1S/C14H21F4N3/c1-4-5-19-7-11-6-12(15)8-20-13(11)21(10(2)3)9-14(16,17)18/h6,8,10,19H,4-5,7,9H2,1-3H3. The van der Waals surface area contributed by atoms with Crippen LogP contribution in [0.5, 0.6) is 0 Å². The molecule has 0 fully saturated rings.